The van der Waals surface area contributed by atoms with Gasteiger partial charge in [0, 0.05) is 0 Å². The van der Waals surface area contributed by atoms with Crippen LogP contribution in [0.2, 0.25) is 0 Å². The van der Waals surface area contributed by atoms with Crippen LogP contribution in [0.1, 0.15) is 32.1 Å². The van der Waals surface area contributed by atoms with Gasteiger partial charge >= 0.3 is 0 Å². The molecule has 5 heteroatoms. The maximum Gasteiger partial charge on any atom is 0.266 e. The lowest BCUT2D eigenvalue weighted by atomic mass is 10.0. The Hall–Kier alpha value is -0.670. The van der Waals surface area contributed by atoms with Crippen molar-refractivity contribution in [2.45, 2.75) is 37.4 Å². The van der Waals surface area contributed by atoms with Crippen LogP contribution in [-0.2, 0) is 14.8 Å². The summed E-state index contributed by atoms with van der Waals surface area (Å²) in [4.78, 5) is 9.79. The van der Waals surface area contributed by atoms with Gasteiger partial charge in [-0.15, -0.1) is 0 Å². The summed E-state index contributed by atoms with van der Waals surface area (Å²) in [6.07, 6.45) is 5.27. The highest BCUT2D eigenvalue weighted by molar-refractivity contribution is 7.90. The van der Waals surface area contributed by atoms with E-state index < -0.39 is 15.3 Å². The zero-order valence-electron chi connectivity index (χ0n) is 6.69. The fraction of sp³-hybridized carbons (Fsp3) is 0.857. The average molecular weight is 189 g/mol. The second-order valence-electron chi connectivity index (χ2n) is 2.96. The summed E-state index contributed by atoms with van der Waals surface area (Å²) < 4.78 is 25.2. The number of nitrogens with zero attached hydrogens (tertiary/aromatic N) is 1. The summed E-state index contributed by atoms with van der Waals surface area (Å²) in [6.45, 7) is 0. The second-order valence-corrected chi connectivity index (χ2v) is 4.84. The third-order valence-electron chi connectivity index (χ3n) is 2.14. The molecule has 0 amide bonds. The van der Waals surface area contributed by atoms with Gasteiger partial charge in [0.2, 0.25) is 0 Å². The lowest BCUT2D eigenvalue weighted by molar-refractivity contribution is 0.484. The van der Waals surface area contributed by atoms with Crippen molar-refractivity contribution in [3.05, 3.63) is 0 Å². The van der Waals surface area contributed by atoms with Crippen molar-refractivity contribution in [1.29, 1.82) is 0 Å². The predicted octanol–water partition coefficient (Wildman–Crippen LogP) is 0.985. The first-order valence-corrected chi connectivity index (χ1v) is 5.50. The zero-order chi connectivity index (χ0) is 9.03. The van der Waals surface area contributed by atoms with Gasteiger partial charge < -0.3 is 0 Å². The summed E-state index contributed by atoms with van der Waals surface area (Å²) >= 11 is 0. The molecule has 68 valence electrons. The summed E-state index contributed by atoms with van der Waals surface area (Å²) in [7, 11) is -3.53. The third kappa shape index (κ3) is 2.16. The molecule has 0 spiro atoms. The van der Waals surface area contributed by atoms with Crippen LogP contribution in [0.25, 0.3) is 0 Å². The van der Waals surface area contributed by atoms with Crippen LogP contribution in [0.3, 0.4) is 0 Å². The van der Waals surface area contributed by atoms with Crippen molar-refractivity contribution >= 4 is 16.1 Å². The lowest BCUT2D eigenvalue weighted by Gasteiger charge is -2.17. The number of isocyanates is 1. The zero-order valence-corrected chi connectivity index (χ0v) is 7.51. The molecule has 0 radical (unpaired) electrons. The molecule has 0 atom stereocenters. The van der Waals surface area contributed by atoms with Crippen LogP contribution in [0.4, 0.5) is 0 Å². The monoisotopic (exact) mass is 189 g/mol. The molecule has 1 rings (SSSR count). The first-order valence-electron chi connectivity index (χ1n) is 4.00. The Bertz CT molecular complexity index is 284. The quantitative estimate of drug-likeness (QED) is 0.480. The molecule has 0 aromatic carbocycles. The minimum Gasteiger partial charge on any atom is -0.210 e. The van der Waals surface area contributed by atoms with Crippen LogP contribution in [-0.4, -0.2) is 19.7 Å². The Labute approximate surface area is 71.7 Å². The first kappa shape index (κ1) is 9.42. The standard InChI is InChI=1S/C7H11NO3S/c9-6-8-12(10,11)7-4-2-1-3-5-7/h7H,1-5H2. The average Bonchev–Trinajstić information content (AvgIpc) is 2.06. The van der Waals surface area contributed by atoms with Crippen LogP contribution in [0, 0.1) is 0 Å². The number of rotatable bonds is 2. The summed E-state index contributed by atoms with van der Waals surface area (Å²) in [5.74, 6) is 0. The Morgan fingerprint density at radius 1 is 1.17 bits per heavy atom. The fourth-order valence-electron chi connectivity index (χ4n) is 1.49. The van der Waals surface area contributed by atoms with E-state index in [1.807, 2.05) is 0 Å². The molecule has 0 aliphatic heterocycles. The van der Waals surface area contributed by atoms with Crippen molar-refractivity contribution in [3.63, 3.8) is 0 Å². The van der Waals surface area contributed by atoms with Crippen LogP contribution in [0.5, 0.6) is 0 Å². The van der Waals surface area contributed by atoms with Gasteiger partial charge in [0.15, 0.2) is 0 Å². The van der Waals surface area contributed by atoms with Crippen molar-refractivity contribution in [1.82, 2.24) is 0 Å². The predicted molar refractivity (Wildman–Crippen MR) is 43.9 cm³/mol. The Morgan fingerprint density at radius 3 is 2.25 bits per heavy atom. The van der Waals surface area contributed by atoms with Gasteiger partial charge in [-0.05, 0) is 12.8 Å². The minimum absolute atomic E-state index is 0.437. The second kappa shape index (κ2) is 3.83. The smallest absolute Gasteiger partial charge is 0.210 e. The molecule has 4 nitrogen and oxygen atoms in total. The molecule has 0 N–H and O–H groups in total. The highest BCUT2D eigenvalue weighted by Gasteiger charge is 2.26. The molecule has 0 aromatic heterocycles. The van der Waals surface area contributed by atoms with E-state index in [-0.39, 0.29) is 0 Å². The first-order chi connectivity index (χ1) is 5.67. The van der Waals surface area contributed by atoms with Gasteiger partial charge in [-0.25, -0.2) is 13.2 Å². The number of hydrogen-bond donors (Lipinski definition) is 0. The van der Waals surface area contributed by atoms with E-state index in [2.05, 4.69) is 4.40 Å². The van der Waals surface area contributed by atoms with Crippen molar-refractivity contribution < 1.29 is 13.2 Å². The van der Waals surface area contributed by atoms with E-state index >= 15 is 0 Å². The van der Waals surface area contributed by atoms with E-state index in [1.165, 1.54) is 0 Å². The molecule has 12 heavy (non-hydrogen) atoms. The van der Waals surface area contributed by atoms with E-state index in [0.29, 0.717) is 12.8 Å². The Morgan fingerprint density at radius 2 is 1.75 bits per heavy atom. The highest BCUT2D eigenvalue weighted by atomic mass is 32.2. The van der Waals surface area contributed by atoms with Crippen LogP contribution < -0.4 is 0 Å². The topological polar surface area (TPSA) is 63.6 Å². The molecular formula is C7H11NO3S. The molecule has 1 aliphatic carbocycles. The molecule has 0 aromatic rings. The third-order valence-corrected chi connectivity index (χ3v) is 3.78. The highest BCUT2D eigenvalue weighted by Crippen LogP contribution is 2.24. The van der Waals surface area contributed by atoms with Gasteiger partial charge in [-0.2, -0.15) is 0 Å². The summed E-state index contributed by atoms with van der Waals surface area (Å²) in [5.41, 5.74) is 0. The molecule has 0 saturated heterocycles. The number of hydrogen-bond acceptors (Lipinski definition) is 3. The molecule has 1 saturated carbocycles. The lowest BCUT2D eigenvalue weighted by Crippen LogP contribution is -2.21. The van der Waals surface area contributed by atoms with E-state index in [9.17, 15) is 13.2 Å². The Kier molecular flexibility index (Phi) is 3.00. The van der Waals surface area contributed by atoms with Crippen molar-refractivity contribution in [2.24, 2.45) is 4.40 Å². The van der Waals surface area contributed by atoms with Crippen LogP contribution >= 0.6 is 0 Å². The molecule has 1 fully saturated rings. The van der Waals surface area contributed by atoms with E-state index in [4.69, 9.17) is 0 Å². The summed E-state index contributed by atoms with van der Waals surface area (Å²) in [6, 6.07) is 0. The maximum absolute atomic E-state index is 11.2. The molecule has 0 heterocycles. The summed E-state index contributed by atoms with van der Waals surface area (Å²) in [5, 5.41) is -0.437. The van der Waals surface area contributed by atoms with E-state index in [0.717, 1.165) is 25.3 Å². The SMILES string of the molecule is O=C=NS(=O)(=O)C1CCCCC1. The number of carbonyl (C=O) groups excluding carboxylic acids is 1. The van der Waals surface area contributed by atoms with E-state index in [1.54, 1.807) is 0 Å². The minimum atomic E-state index is -3.53. The molecular weight excluding hydrogens is 178 g/mol. The van der Waals surface area contributed by atoms with Gasteiger partial charge in [0.05, 0.1) is 5.25 Å². The van der Waals surface area contributed by atoms with Crippen molar-refractivity contribution in [2.75, 3.05) is 0 Å². The largest absolute Gasteiger partial charge is 0.266 e. The van der Waals surface area contributed by atoms with Gasteiger partial charge in [0.25, 0.3) is 16.1 Å². The molecule has 0 bridgehead atoms. The van der Waals surface area contributed by atoms with Gasteiger partial charge in [-0.1, -0.05) is 23.7 Å². The van der Waals surface area contributed by atoms with Crippen LogP contribution in [0.15, 0.2) is 4.40 Å². The Balaban J connectivity index is 2.73. The van der Waals surface area contributed by atoms with Gasteiger partial charge in [-0.3, -0.25) is 0 Å². The van der Waals surface area contributed by atoms with Gasteiger partial charge in [0.1, 0.15) is 0 Å². The molecule has 1 aliphatic rings. The van der Waals surface area contributed by atoms with Crippen molar-refractivity contribution in [3.8, 4) is 0 Å². The fourth-order valence-corrected chi connectivity index (χ4v) is 2.67. The number of sulfonamides is 1. The maximum atomic E-state index is 11.2. The molecule has 0 unspecified atom stereocenters. The normalized spacial score (nSPS) is 20.0.